The number of ether oxygens (including phenoxy) is 2. The number of anilines is 1. The molecule has 5 rings (SSSR count). The van der Waals surface area contributed by atoms with Gasteiger partial charge >= 0.3 is 18.2 Å². The van der Waals surface area contributed by atoms with Crippen LogP contribution in [0.4, 0.5) is 23.7 Å². The largest absolute Gasteiger partial charge is 0.469 e. The molecule has 3 fully saturated rings. The summed E-state index contributed by atoms with van der Waals surface area (Å²) in [6, 6.07) is 10.1. The minimum absolute atomic E-state index is 0.188. The average Bonchev–Trinajstić information content (AvgIpc) is 3.36. The molecule has 0 bridgehead atoms. The number of alkyl halides is 3. The molecule has 3 aliphatic heterocycles. The molecular weight excluding hydrogens is 553 g/mol. The molecule has 0 spiro atoms. The topological polar surface area (TPSA) is 107 Å². The van der Waals surface area contributed by atoms with Crippen molar-refractivity contribution in [2.24, 2.45) is 5.92 Å². The molecule has 2 aromatic rings. The van der Waals surface area contributed by atoms with Crippen molar-refractivity contribution in [2.45, 2.75) is 44.9 Å². The lowest BCUT2D eigenvalue weighted by Crippen LogP contribution is -2.65. The van der Waals surface area contributed by atoms with Gasteiger partial charge in [-0.25, -0.2) is 4.79 Å². The molecular formula is C29H34F3N6O4+. The number of morpholine rings is 1. The smallest absolute Gasteiger partial charge is 0.416 e. The van der Waals surface area contributed by atoms with E-state index in [9.17, 15) is 28.0 Å². The monoisotopic (exact) mass is 587 g/mol. The lowest BCUT2D eigenvalue weighted by Gasteiger charge is -2.52. The lowest BCUT2D eigenvalue weighted by atomic mass is 9.81. The van der Waals surface area contributed by atoms with Crippen molar-refractivity contribution in [1.29, 1.82) is 5.26 Å². The Morgan fingerprint density at radius 2 is 1.93 bits per heavy atom. The fraction of sp³-hybridized carbons (Fsp3) is 0.483. The molecule has 2 aromatic carbocycles. The number of nitriles is 1. The molecule has 3 saturated heterocycles. The molecule has 0 aromatic heterocycles. The van der Waals surface area contributed by atoms with E-state index < -0.39 is 48.0 Å². The third-order valence-electron chi connectivity index (χ3n) is 8.80. The van der Waals surface area contributed by atoms with E-state index in [1.807, 2.05) is 0 Å². The summed E-state index contributed by atoms with van der Waals surface area (Å²) in [5, 5.41) is 9.72. The number of amides is 2. The Labute approximate surface area is 242 Å². The number of likely N-dealkylation sites (N-methyl/N-ethyl adjacent to an activating group) is 1. The van der Waals surface area contributed by atoms with Crippen LogP contribution in [0, 0.1) is 17.2 Å². The molecule has 2 amide bonds. The van der Waals surface area contributed by atoms with Crippen molar-refractivity contribution in [1.82, 2.24) is 15.8 Å². The highest BCUT2D eigenvalue weighted by molar-refractivity contribution is 5.82. The summed E-state index contributed by atoms with van der Waals surface area (Å²) < 4.78 is 52.5. The second kappa shape index (κ2) is 11.4. The number of quaternary nitrogens is 1. The highest BCUT2D eigenvalue weighted by Gasteiger charge is 2.55. The van der Waals surface area contributed by atoms with Crippen LogP contribution in [0.15, 0.2) is 42.5 Å². The zero-order valence-electron chi connectivity index (χ0n) is 23.6. The van der Waals surface area contributed by atoms with E-state index >= 15 is 0 Å². The van der Waals surface area contributed by atoms with Crippen LogP contribution in [0.5, 0.6) is 0 Å². The third-order valence-corrected chi connectivity index (χ3v) is 8.80. The number of fused-ring (bicyclic) bond motifs is 1. The predicted molar refractivity (Wildman–Crippen MR) is 145 cm³/mol. The number of carbonyl (C=O) groups excluding carboxylic acids is 2. The van der Waals surface area contributed by atoms with Gasteiger partial charge in [0.15, 0.2) is 6.29 Å². The first-order valence-electron chi connectivity index (χ1n) is 13.9. The Hall–Kier alpha value is -3.86. The molecule has 0 saturated carbocycles. The highest BCUT2D eigenvalue weighted by atomic mass is 19.4. The maximum atomic E-state index is 13.6. The Balaban J connectivity index is 1.65. The van der Waals surface area contributed by atoms with E-state index in [1.165, 1.54) is 24.1 Å². The average molecular weight is 588 g/mol. The number of carbonyl (C=O) groups is 2. The molecule has 13 heteroatoms. The first-order chi connectivity index (χ1) is 20.0. The first kappa shape index (κ1) is 29.6. The maximum absolute atomic E-state index is 13.6. The Morgan fingerprint density at radius 1 is 1.19 bits per heavy atom. The summed E-state index contributed by atoms with van der Waals surface area (Å²) >= 11 is 0. The number of hydrogen-bond acceptors (Lipinski definition) is 7. The summed E-state index contributed by atoms with van der Waals surface area (Å²) in [7, 11) is 1.25. The molecule has 3 aliphatic rings. The second-order valence-electron chi connectivity index (χ2n) is 10.9. The molecule has 10 nitrogen and oxygen atoms in total. The SMILES string of the molecule is CC[N+]1(Cc2cc(C#N)ccc2[C@H]2C(C(=O)OC)C(C)N(c3cccc(C(F)(F)F)c3)C3NNC(=O)N32)CCOCC1. The van der Waals surface area contributed by atoms with Gasteiger partial charge in [-0.2, -0.15) is 23.9 Å². The van der Waals surface area contributed by atoms with Crippen molar-refractivity contribution < 1.29 is 36.7 Å². The van der Waals surface area contributed by atoms with Crippen LogP contribution in [0.25, 0.3) is 0 Å². The van der Waals surface area contributed by atoms with Crippen LogP contribution in [-0.4, -0.2) is 73.7 Å². The van der Waals surface area contributed by atoms with Crippen LogP contribution in [0.1, 0.15) is 42.1 Å². The van der Waals surface area contributed by atoms with Crippen LogP contribution >= 0.6 is 0 Å². The van der Waals surface area contributed by atoms with Crippen LogP contribution < -0.4 is 15.8 Å². The molecule has 3 unspecified atom stereocenters. The number of esters is 1. The molecule has 224 valence electrons. The van der Waals surface area contributed by atoms with Gasteiger partial charge in [-0.15, -0.1) is 0 Å². The fourth-order valence-electron chi connectivity index (χ4n) is 6.49. The number of nitrogens with one attached hydrogen (secondary N) is 2. The zero-order chi connectivity index (χ0) is 30.2. The second-order valence-corrected chi connectivity index (χ2v) is 10.9. The minimum Gasteiger partial charge on any atom is -0.469 e. The normalized spacial score (nSPS) is 25.4. The summed E-state index contributed by atoms with van der Waals surface area (Å²) in [5.41, 5.74) is 6.79. The van der Waals surface area contributed by atoms with E-state index in [4.69, 9.17) is 9.47 Å². The van der Waals surface area contributed by atoms with Crippen molar-refractivity contribution in [2.75, 3.05) is 44.9 Å². The number of hydrazine groups is 1. The van der Waals surface area contributed by atoms with Gasteiger partial charge in [0.05, 0.1) is 50.1 Å². The zero-order valence-corrected chi connectivity index (χ0v) is 23.6. The molecule has 42 heavy (non-hydrogen) atoms. The predicted octanol–water partition coefficient (Wildman–Crippen LogP) is 3.50. The van der Waals surface area contributed by atoms with E-state index in [-0.39, 0.29) is 5.69 Å². The fourth-order valence-corrected chi connectivity index (χ4v) is 6.49. The number of methoxy groups -OCH3 is 1. The minimum atomic E-state index is -4.58. The number of halogens is 3. The number of nitrogens with zero attached hydrogens (tertiary/aromatic N) is 4. The van der Waals surface area contributed by atoms with E-state index in [2.05, 4.69) is 23.8 Å². The van der Waals surface area contributed by atoms with E-state index in [1.54, 1.807) is 30.0 Å². The van der Waals surface area contributed by atoms with Gasteiger partial charge in [-0.1, -0.05) is 12.1 Å². The highest BCUT2D eigenvalue weighted by Crippen LogP contribution is 2.45. The molecule has 3 heterocycles. The lowest BCUT2D eigenvalue weighted by molar-refractivity contribution is -0.946. The van der Waals surface area contributed by atoms with Gasteiger partial charge in [0.1, 0.15) is 25.6 Å². The summed E-state index contributed by atoms with van der Waals surface area (Å²) in [5.74, 6) is -1.58. The van der Waals surface area contributed by atoms with Crippen molar-refractivity contribution in [3.05, 3.63) is 64.7 Å². The Morgan fingerprint density at radius 3 is 2.57 bits per heavy atom. The van der Waals surface area contributed by atoms with Crippen LogP contribution in [0.3, 0.4) is 0 Å². The Kier molecular flexibility index (Phi) is 8.06. The molecule has 0 aliphatic carbocycles. The van der Waals surface area contributed by atoms with Gasteiger partial charge in [0.2, 0.25) is 0 Å². The molecule has 2 N–H and O–H groups in total. The number of benzene rings is 2. The van der Waals surface area contributed by atoms with E-state index in [0.717, 1.165) is 37.3 Å². The summed E-state index contributed by atoms with van der Waals surface area (Å²) in [6.07, 6.45) is -5.49. The molecule has 0 radical (unpaired) electrons. The summed E-state index contributed by atoms with van der Waals surface area (Å²) in [4.78, 5) is 30.0. The Bertz CT molecular complexity index is 1390. The number of rotatable bonds is 6. The van der Waals surface area contributed by atoms with Crippen LogP contribution in [0.2, 0.25) is 0 Å². The molecule has 4 atom stereocenters. The summed E-state index contributed by atoms with van der Waals surface area (Å²) in [6.45, 7) is 7.94. The number of urea groups is 1. The standard InChI is InChI=1S/C29H33F3N6O4/c1-4-38(10-12-42-13-11-38)17-20-14-19(16-33)8-9-23(20)25-24(26(39)41-3)18(2)36(27-34-35-28(40)37(25)27)22-7-5-6-21(15-22)29(30,31)32/h5-9,14-15,18,24-25,27,34H,4,10-13,17H2,1-3H3/p+1/t18?,24?,25-,27?/m0/s1. The number of hydrogen-bond donors (Lipinski definition) is 2. The van der Waals surface area contributed by atoms with Gasteiger partial charge in [-0.05, 0) is 49.7 Å². The van der Waals surface area contributed by atoms with Gasteiger partial charge in [0.25, 0.3) is 0 Å². The van der Waals surface area contributed by atoms with Gasteiger partial charge in [0, 0.05) is 17.3 Å². The van der Waals surface area contributed by atoms with Crippen molar-refractivity contribution in [3.8, 4) is 6.07 Å². The van der Waals surface area contributed by atoms with Gasteiger partial charge in [-0.3, -0.25) is 15.1 Å². The third kappa shape index (κ3) is 5.26. The van der Waals surface area contributed by atoms with Gasteiger partial charge < -0.3 is 18.9 Å². The van der Waals surface area contributed by atoms with Crippen molar-refractivity contribution >= 4 is 17.7 Å². The quantitative estimate of drug-likeness (QED) is 0.394. The van der Waals surface area contributed by atoms with Crippen LogP contribution in [-0.2, 0) is 27.0 Å². The van der Waals surface area contributed by atoms with Crippen molar-refractivity contribution in [3.63, 3.8) is 0 Å². The first-order valence-corrected chi connectivity index (χ1v) is 13.9. The maximum Gasteiger partial charge on any atom is 0.416 e. The van der Waals surface area contributed by atoms with E-state index in [0.29, 0.717) is 35.4 Å².